The van der Waals surface area contributed by atoms with Gasteiger partial charge in [-0.1, -0.05) is 6.07 Å². The summed E-state index contributed by atoms with van der Waals surface area (Å²) in [7, 11) is 1.69. The fourth-order valence-electron chi connectivity index (χ4n) is 2.79. The normalized spacial score (nSPS) is 20.4. The molecule has 0 amide bonds. The molecule has 1 aromatic carbocycles. The summed E-state index contributed by atoms with van der Waals surface area (Å²) >= 11 is 0. The van der Waals surface area contributed by atoms with Crippen molar-refractivity contribution in [3.63, 3.8) is 0 Å². The number of hydrogen-bond acceptors (Lipinski definition) is 3. The first-order valence-electron chi connectivity index (χ1n) is 8.35. The van der Waals surface area contributed by atoms with Gasteiger partial charge in [-0.05, 0) is 56.9 Å². The van der Waals surface area contributed by atoms with E-state index in [0.717, 1.165) is 49.8 Å². The van der Waals surface area contributed by atoms with Crippen LogP contribution in [0, 0.1) is 6.92 Å². The molecule has 1 aliphatic heterocycles. The molecular weight excluding hydrogens is 417 g/mol. The minimum absolute atomic E-state index is 0. The van der Waals surface area contributed by atoms with Crippen LogP contribution in [0.25, 0.3) is 0 Å². The number of aryl methyl sites for hydroxylation is 1. The van der Waals surface area contributed by atoms with E-state index in [0.29, 0.717) is 6.54 Å². The molecule has 0 spiro atoms. The van der Waals surface area contributed by atoms with Crippen LogP contribution in [-0.4, -0.2) is 38.4 Å². The molecule has 0 aromatic heterocycles. The smallest absolute Gasteiger partial charge is 0.191 e. The molecule has 0 saturated carbocycles. The molecule has 1 heterocycles. The number of methoxy groups -OCH3 is 1. The Morgan fingerprint density at radius 3 is 2.75 bits per heavy atom. The topological polar surface area (TPSA) is 54.9 Å². The van der Waals surface area contributed by atoms with Gasteiger partial charge in [0.2, 0.25) is 0 Å². The van der Waals surface area contributed by atoms with Gasteiger partial charge >= 0.3 is 0 Å². The zero-order valence-electron chi connectivity index (χ0n) is 15.1. The SMILES string of the molecule is CCNC(=NCc1cc(C)cc(OC)c1)NCC1(C)CCCO1.I. The molecule has 1 unspecified atom stereocenters. The summed E-state index contributed by atoms with van der Waals surface area (Å²) in [4.78, 5) is 4.68. The maximum Gasteiger partial charge on any atom is 0.191 e. The lowest BCUT2D eigenvalue weighted by atomic mass is 10.0. The van der Waals surface area contributed by atoms with Crippen molar-refractivity contribution in [3.8, 4) is 5.75 Å². The van der Waals surface area contributed by atoms with Crippen molar-refractivity contribution in [2.45, 2.75) is 45.8 Å². The monoisotopic (exact) mass is 447 g/mol. The van der Waals surface area contributed by atoms with Crippen LogP contribution in [0.15, 0.2) is 23.2 Å². The van der Waals surface area contributed by atoms with E-state index in [-0.39, 0.29) is 29.6 Å². The van der Waals surface area contributed by atoms with Gasteiger partial charge in [0.15, 0.2) is 5.96 Å². The molecule has 24 heavy (non-hydrogen) atoms. The number of benzene rings is 1. The van der Waals surface area contributed by atoms with Gasteiger partial charge in [-0.2, -0.15) is 0 Å². The largest absolute Gasteiger partial charge is 0.497 e. The maximum absolute atomic E-state index is 5.82. The van der Waals surface area contributed by atoms with Crippen LogP contribution >= 0.6 is 24.0 Å². The van der Waals surface area contributed by atoms with Gasteiger partial charge in [-0.25, -0.2) is 4.99 Å². The highest BCUT2D eigenvalue weighted by Crippen LogP contribution is 2.23. The first kappa shape index (κ1) is 21.0. The Balaban J connectivity index is 0.00000288. The molecular formula is C18H30IN3O2. The van der Waals surface area contributed by atoms with Crippen molar-refractivity contribution in [2.24, 2.45) is 4.99 Å². The van der Waals surface area contributed by atoms with E-state index in [1.165, 1.54) is 5.56 Å². The third kappa shape index (κ3) is 6.47. The Hall–Kier alpha value is -1.02. The van der Waals surface area contributed by atoms with E-state index < -0.39 is 0 Å². The molecule has 2 N–H and O–H groups in total. The molecule has 1 atom stereocenters. The Morgan fingerprint density at radius 1 is 1.33 bits per heavy atom. The van der Waals surface area contributed by atoms with Crippen LogP contribution in [0.1, 0.15) is 37.8 Å². The number of nitrogens with one attached hydrogen (secondary N) is 2. The summed E-state index contributed by atoms with van der Waals surface area (Å²) in [6.45, 7) is 9.37. The van der Waals surface area contributed by atoms with Crippen LogP contribution in [0.4, 0.5) is 0 Å². The van der Waals surface area contributed by atoms with E-state index in [9.17, 15) is 0 Å². The van der Waals surface area contributed by atoms with E-state index in [2.05, 4.69) is 42.5 Å². The summed E-state index contributed by atoms with van der Waals surface area (Å²) in [5, 5.41) is 6.69. The zero-order valence-corrected chi connectivity index (χ0v) is 17.5. The Morgan fingerprint density at radius 2 is 2.12 bits per heavy atom. The lowest BCUT2D eigenvalue weighted by molar-refractivity contribution is 0.0243. The highest BCUT2D eigenvalue weighted by atomic mass is 127. The second-order valence-electron chi connectivity index (χ2n) is 6.31. The molecule has 0 bridgehead atoms. The van der Waals surface area contributed by atoms with E-state index >= 15 is 0 Å². The molecule has 136 valence electrons. The average Bonchev–Trinajstić information content (AvgIpc) is 2.96. The van der Waals surface area contributed by atoms with E-state index in [1.54, 1.807) is 7.11 Å². The lowest BCUT2D eigenvalue weighted by Gasteiger charge is -2.24. The fraction of sp³-hybridized carbons (Fsp3) is 0.611. The second-order valence-corrected chi connectivity index (χ2v) is 6.31. The standard InChI is InChI=1S/C18H29N3O2.HI/c1-5-19-17(21-13-18(3)7-6-8-23-18)20-12-15-9-14(2)10-16(11-15)22-4;/h9-11H,5-8,12-13H2,1-4H3,(H2,19,20,21);1H. The van der Waals surface area contributed by atoms with Crippen LogP contribution < -0.4 is 15.4 Å². The molecule has 0 radical (unpaired) electrons. The number of ether oxygens (including phenoxy) is 2. The van der Waals surface area contributed by atoms with Crippen molar-refractivity contribution in [3.05, 3.63) is 29.3 Å². The minimum Gasteiger partial charge on any atom is -0.497 e. The van der Waals surface area contributed by atoms with Gasteiger partial charge in [0.1, 0.15) is 5.75 Å². The summed E-state index contributed by atoms with van der Waals surface area (Å²) in [5.74, 6) is 1.70. The van der Waals surface area contributed by atoms with E-state index in [4.69, 9.17) is 9.47 Å². The predicted octanol–water partition coefficient (Wildman–Crippen LogP) is 3.25. The fourth-order valence-corrected chi connectivity index (χ4v) is 2.79. The van der Waals surface area contributed by atoms with E-state index in [1.807, 2.05) is 12.1 Å². The second kappa shape index (κ2) is 10.1. The van der Waals surface area contributed by atoms with Gasteiger partial charge in [-0.15, -0.1) is 24.0 Å². The van der Waals surface area contributed by atoms with Gasteiger partial charge in [0, 0.05) is 19.7 Å². The quantitative estimate of drug-likeness (QED) is 0.400. The number of hydrogen-bond donors (Lipinski definition) is 2. The lowest BCUT2D eigenvalue weighted by Crippen LogP contribution is -2.45. The number of rotatable bonds is 6. The van der Waals surface area contributed by atoms with Gasteiger partial charge < -0.3 is 20.1 Å². The van der Waals surface area contributed by atoms with Crippen molar-refractivity contribution in [1.29, 1.82) is 0 Å². The highest BCUT2D eigenvalue weighted by molar-refractivity contribution is 14.0. The Labute approximate surface area is 162 Å². The molecule has 6 heteroatoms. The molecule has 1 aromatic rings. The summed E-state index contributed by atoms with van der Waals surface area (Å²) in [5.41, 5.74) is 2.24. The maximum atomic E-state index is 5.82. The van der Waals surface area contributed by atoms with Crippen LogP contribution in [-0.2, 0) is 11.3 Å². The number of guanidine groups is 1. The summed E-state index contributed by atoms with van der Waals surface area (Å²) in [6.07, 6.45) is 2.23. The van der Waals surface area contributed by atoms with Crippen molar-refractivity contribution in [1.82, 2.24) is 10.6 Å². The molecule has 1 fully saturated rings. The Kier molecular flexibility index (Phi) is 8.83. The average molecular weight is 447 g/mol. The van der Waals surface area contributed by atoms with Gasteiger partial charge in [0.05, 0.1) is 19.3 Å². The highest BCUT2D eigenvalue weighted by Gasteiger charge is 2.29. The minimum atomic E-state index is -0.0806. The summed E-state index contributed by atoms with van der Waals surface area (Å²) < 4.78 is 11.1. The van der Waals surface area contributed by atoms with Crippen LogP contribution in [0.5, 0.6) is 5.75 Å². The van der Waals surface area contributed by atoms with Crippen LogP contribution in [0.3, 0.4) is 0 Å². The van der Waals surface area contributed by atoms with Crippen LogP contribution in [0.2, 0.25) is 0 Å². The molecule has 5 nitrogen and oxygen atoms in total. The van der Waals surface area contributed by atoms with Gasteiger partial charge in [-0.3, -0.25) is 0 Å². The third-order valence-electron chi connectivity index (χ3n) is 4.04. The van der Waals surface area contributed by atoms with Gasteiger partial charge in [0.25, 0.3) is 0 Å². The predicted molar refractivity (Wildman–Crippen MR) is 110 cm³/mol. The zero-order chi connectivity index (χ0) is 16.7. The number of halogens is 1. The Bertz CT molecular complexity index is 543. The molecule has 2 rings (SSSR count). The number of nitrogens with zero attached hydrogens (tertiary/aromatic N) is 1. The summed E-state index contributed by atoms with van der Waals surface area (Å²) in [6, 6.07) is 6.19. The third-order valence-corrected chi connectivity index (χ3v) is 4.04. The van der Waals surface area contributed by atoms with Crippen molar-refractivity contribution < 1.29 is 9.47 Å². The molecule has 1 aliphatic rings. The van der Waals surface area contributed by atoms with Crippen molar-refractivity contribution >= 4 is 29.9 Å². The molecule has 1 saturated heterocycles. The number of aliphatic imine (C=N–C) groups is 1. The first-order valence-corrected chi connectivity index (χ1v) is 8.35. The van der Waals surface area contributed by atoms with Crippen molar-refractivity contribution in [2.75, 3.05) is 26.8 Å². The first-order chi connectivity index (χ1) is 11.0. The molecule has 0 aliphatic carbocycles.